The summed E-state index contributed by atoms with van der Waals surface area (Å²) in [4.78, 5) is 24.7. The van der Waals surface area contributed by atoms with Crippen LogP contribution in [0.5, 0.6) is 11.5 Å². The molecule has 0 saturated carbocycles. The molecule has 1 N–H and O–H groups in total. The van der Waals surface area contributed by atoms with Crippen LogP contribution in [0.4, 0.5) is 4.39 Å². The van der Waals surface area contributed by atoms with E-state index in [1.165, 1.54) is 13.2 Å². The molecular weight excluding hydrogens is 467 g/mol. The minimum absolute atomic E-state index is 0.0531. The number of hydrogen-bond donors (Lipinski definition) is 1. The third kappa shape index (κ3) is 3.74. The lowest BCUT2D eigenvalue weighted by molar-refractivity contribution is -0.187. The molecule has 0 amide bonds. The van der Waals surface area contributed by atoms with Crippen LogP contribution in [0.3, 0.4) is 0 Å². The zero-order chi connectivity index (χ0) is 25.4. The number of aryl methyl sites for hydroxylation is 1. The highest BCUT2D eigenvalue weighted by Crippen LogP contribution is 2.44. The number of imidazole rings is 1. The van der Waals surface area contributed by atoms with Gasteiger partial charge in [-0.1, -0.05) is 11.2 Å². The molecule has 1 fully saturated rings. The zero-order valence-corrected chi connectivity index (χ0v) is 20.1. The number of rotatable bonds is 5. The summed E-state index contributed by atoms with van der Waals surface area (Å²) < 4.78 is 26.2. The third-order valence-corrected chi connectivity index (χ3v) is 6.34. The molecule has 3 heterocycles. The van der Waals surface area contributed by atoms with E-state index in [1.54, 1.807) is 18.3 Å². The molecular formula is C26H25FN4O5. The SMILES string of the molecule is COC(=O)C1(c2ccc(F)cc2O)ON=C2/C(=C/c3ccc(-n4cnc(C)c4)c(OC)c3)CCCN21. The molecule has 2 aliphatic rings. The summed E-state index contributed by atoms with van der Waals surface area (Å²) in [6.45, 7) is 2.34. The van der Waals surface area contributed by atoms with Crippen LogP contribution in [0.1, 0.15) is 29.7 Å². The number of aromatic nitrogens is 2. The highest BCUT2D eigenvalue weighted by molar-refractivity contribution is 6.06. The zero-order valence-electron chi connectivity index (χ0n) is 20.1. The summed E-state index contributed by atoms with van der Waals surface area (Å²) in [6.07, 6.45) is 6.98. The number of nitrogens with zero attached hydrogens (tertiary/aromatic N) is 4. The Balaban J connectivity index is 1.52. The third-order valence-electron chi connectivity index (χ3n) is 6.34. The molecule has 1 unspecified atom stereocenters. The molecule has 0 aliphatic carbocycles. The van der Waals surface area contributed by atoms with E-state index in [0.717, 1.165) is 34.7 Å². The number of ether oxygens (including phenoxy) is 2. The predicted octanol–water partition coefficient (Wildman–Crippen LogP) is 3.88. The topological polar surface area (TPSA) is 98.4 Å². The van der Waals surface area contributed by atoms with Crippen LogP contribution in [-0.4, -0.2) is 52.1 Å². The fourth-order valence-corrected chi connectivity index (χ4v) is 4.66. The van der Waals surface area contributed by atoms with Gasteiger partial charge in [0.2, 0.25) is 0 Å². The summed E-state index contributed by atoms with van der Waals surface area (Å²) in [7, 11) is 2.83. The lowest BCUT2D eigenvalue weighted by Gasteiger charge is -2.37. The van der Waals surface area contributed by atoms with Crippen molar-refractivity contribution >= 4 is 17.9 Å². The number of phenols is 1. The molecule has 1 aromatic heterocycles. The number of hydrogen-bond acceptors (Lipinski definition) is 8. The predicted molar refractivity (Wildman–Crippen MR) is 129 cm³/mol. The van der Waals surface area contributed by atoms with Crippen LogP contribution in [0.25, 0.3) is 11.8 Å². The Morgan fingerprint density at radius 3 is 2.78 bits per heavy atom. The number of carbonyl (C=O) groups is 1. The van der Waals surface area contributed by atoms with Crippen molar-refractivity contribution in [2.45, 2.75) is 25.5 Å². The number of oxime groups is 1. The molecule has 9 nitrogen and oxygen atoms in total. The van der Waals surface area contributed by atoms with Crippen molar-refractivity contribution in [1.29, 1.82) is 0 Å². The Labute approximate surface area is 207 Å². The van der Waals surface area contributed by atoms with Crippen molar-refractivity contribution in [3.8, 4) is 17.2 Å². The second-order valence-electron chi connectivity index (χ2n) is 8.58. The average molecular weight is 493 g/mol. The van der Waals surface area contributed by atoms with E-state index in [9.17, 15) is 14.3 Å². The Kier molecular flexibility index (Phi) is 5.87. The summed E-state index contributed by atoms with van der Waals surface area (Å²) in [6, 6.07) is 9.19. The van der Waals surface area contributed by atoms with Crippen molar-refractivity contribution in [3.05, 3.63) is 77.1 Å². The summed E-state index contributed by atoms with van der Waals surface area (Å²) in [5.41, 5.74) is 1.64. The van der Waals surface area contributed by atoms with E-state index >= 15 is 0 Å². The van der Waals surface area contributed by atoms with E-state index in [4.69, 9.17) is 14.3 Å². The molecule has 0 radical (unpaired) electrons. The number of phenolic OH excluding ortho intramolecular Hbond substituents is 1. The first-order valence-corrected chi connectivity index (χ1v) is 11.4. The van der Waals surface area contributed by atoms with E-state index in [2.05, 4.69) is 10.1 Å². The number of aromatic hydroxyl groups is 1. The van der Waals surface area contributed by atoms with E-state index < -0.39 is 23.3 Å². The fourth-order valence-electron chi connectivity index (χ4n) is 4.66. The maximum atomic E-state index is 13.7. The van der Waals surface area contributed by atoms with Crippen molar-refractivity contribution in [3.63, 3.8) is 0 Å². The van der Waals surface area contributed by atoms with Gasteiger partial charge in [0.15, 0.2) is 5.84 Å². The van der Waals surface area contributed by atoms with Crippen LogP contribution in [0, 0.1) is 12.7 Å². The first-order valence-electron chi connectivity index (χ1n) is 11.4. The number of methoxy groups -OCH3 is 2. The van der Waals surface area contributed by atoms with Gasteiger partial charge in [-0.2, -0.15) is 0 Å². The normalized spacial score (nSPS) is 20.1. The number of piperidine rings is 1. The van der Waals surface area contributed by atoms with Gasteiger partial charge in [0.05, 0.1) is 37.5 Å². The van der Waals surface area contributed by atoms with Gasteiger partial charge in [0.25, 0.3) is 0 Å². The summed E-state index contributed by atoms with van der Waals surface area (Å²) in [5, 5.41) is 14.7. The smallest absolute Gasteiger partial charge is 0.380 e. The molecule has 1 atom stereocenters. The van der Waals surface area contributed by atoms with Gasteiger partial charge >= 0.3 is 11.7 Å². The van der Waals surface area contributed by atoms with Gasteiger partial charge in [0.1, 0.15) is 17.3 Å². The molecule has 2 aromatic carbocycles. The first-order chi connectivity index (χ1) is 17.4. The minimum atomic E-state index is -1.86. The molecule has 3 aromatic rings. The van der Waals surface area contributed by atoms with Crippen molar-refractivity contribution in [2.24, 2.45) is 5.16 Å². The Hall–Kier alpha value is -4.34. The highest BCUT2D eigenvalue weighted by atomic mass is 19.1. The van der Waals surface area contributed by atoms with E-state index in [0.29, 0.717) is 31.0 Å². The second kappa shape index (κ2) is 9.03. The van der Waals surface area contributed by atoms with E-state index in [1.807, 2.05) is 42.0 Å². The number of amidine groups is 1. The highest BCUT2D eigenvalue weighted by Gasteiger charge is 2.58. The fraction of sp³-hybridized carbons (Fsp3) is 0.269. The molecule has 36 heavy (non-hydrogen) atoms. The van der Waals surface area contributed by atoms with Crippen molar-refractivity contribution in [2.75, 3.05) is 20.8 Å². The van der Waals surface area contributed by atoms with Crippen LogP contribution >= 0.6 is 0 Å². The number of benzene rings is 2. The summed E-state index contributed by atoms with van der Waals surface area (Å²) >= 11 is 0. The van der Waals surface area contributed by atoms with Crippen LogP contribution in [0.2, 0.25) is 0 Å². The van der Waals surface area contributed by atoms with Crippen molar-refractivity contribution < 1.29 is 28.6 Å². The first kappa shape index (κ1) is 23.4. The quantitative estimate of drug-likeness (QED) is 0.540. The van der Waals surface area contributed by atoms with Gasteiger partial charge in [-0.25, -0.2) is 14.2 Å². The Bertz CT molecular complexity index is 1400. The number of esters is 1. The minimum Gasteiger partial charge on any atom is -0.507 e. The Morgan fingerprint density at radius 2 is 2.08 bits per heavy atom. The summed E-state index contributed by atoms with van der Waals surface area (Å²) in [5.74, 6) is -0.727. The van der Waals surface area contributed by atoms with Gasteiger partial charge < -0.3 is 28.9 Å². The maximum absolute atomic E-state index is 13.7. The van der Waals surface area contributed by atoms with Gasteiger partial charge in [0, 0.05) is 18.8 Å². The van der Waals surface area contributed by atoms with E-state index in [-0.39, 0.29) is 5.56 Å². The number of fused-ring (bicyclic) bond motifs is 1. The lowest BCUT2D eigenvalue weighted by Crippen LogP contribution is -2.54. The van der Waals surface area contributed by atoms with Crippen LogP contribution < -0.4 is 4.74 Å². The molecule has 5 rings (SSSR count). The lowest BCUT2D eigenvalue weighted by atomic mass is 9.93. The number of carbonyl (C=O) groups excluding carboxylic acids is 1. The van der Waals surface area contributed by atoms with Gasteiger partial charge in [-0.15, -0.1) is 0 Å². The largest absolute Gasteiger partial charge is 0.507 e. The second-order valence-corrected chi connectivity index (χ2v) is 8.58. The molecule has 2 aliphatic heterocycles. The van der Waals surface area contributed by atoms with Crippen LogP contribution in [-0.2, 0) is 20.1 Å². The number of halogens is 1. The molecule has 186 valence electrons. The standard InChI is InChI=1S/C26H25FN4O5/c1-16-14-30(15-28-16)21-9-6-17(12-23(21)34-2)11-18-5-4-10-31-24(18)29-36-26(31,25(33)35-3)20-8-7-19(27)13-22(20)32/h6-9,11-15,32H,4-5,10H2,1-3H3/b18-11+. The maximum Gasteiger partial charge on any atom is 0.380 e. The van der Waals surface area contributed by atoms with Crippen molar-refractivity contribution in [1.82, 2.24) is 14.5 Å². The Morgan fingerprint density at radius 1 is 1.25 bits per heavy atom. The molecule has 10 heteroatoms. The molecule has 0 spiro atoms. The molecule has 1 saturated heterocycles. The average Bonchev–Trinajstić information content (AvgIpc) is 3.48. The van der Waals surface area contributed by atoms with Gasteiger partial charge in [-0.3, -0.25) is 0 Å². The van der Waals surface area contributed by atoms with Crippen LogP contribution in [0.15, 0.2) is 59.7 Å². The molecule has 0 bridgehead atoms. The monoisotopic (exact) mass is 492 g/mol. The van der Waals surface area contributed by atoms with Gasteiger partial charge in [-0.05, 0) is 61.2 Å².